The van der Waals surface area contributed by atoms with E-state index in [0.717, 1.165) is 31.5 Å². The van der Waals surface area contributed by atoms with Gasteiger partial charge in [0.2, 0.25) is 11.8 Å². The van der Waals surface area contributed by atoms with Gasteiger partial charge < -0.3 is 9.32 Å². The lowest BCUT2D eigenvalue weighted by Gasteiger charge is -2.22. The zero-order valence-electron chi connectivity index (χ0n) is 15.4. The lowest BCUT2D eigenvalue weighted by atomic mass is 10.1. The number of carbonyl (C=O) groups excluding carboxylic acids is 1. The molecule has 1 aliphatic rings. The fraction of sp³-hybridized carbons (Fsp3) is 0.250. The van der Waals surface area contributed by atoms with E-state index >= 15 is 0 Å². The summed E-state index contributed by atoms with van der Waals surface area (Å²) in [7, 11) is 0. The fourth-order valence-corrected chi connectivity index (χ4v) is 4.18. The van der Waals surface area contributed by atoms with E-state index in [-0.39, 0.29) is 22.7 Å². The fourth-order valence-electron chi connectivity index (χ4n) is 3.22. The predicted molar refractivity (Wildman–Crippen MR) is 107 cm³/mol. The van der Waals surface area contributed by atoms with E-state index in [1.54, 1.807) is 12.1 Å². The molecule has 4 rings (SSSR count). The highest BCUT2D eigenvalue weighted by Crippen LogP contribution is 2.38. The second-order valence-electron chi connectivity index (χ2n) is 6.62. The Bertz CT molecular complexity index is 1020. The SMILES string of the molecule is O=C([C@@H](Sc1nnc(-c2cccc([N+](=O)[O-])c2)o1)c1ccccc1)N1CCCC1. The molecule has 0 aliphatic carbocycles. The molecule has 3 aromatic rings. The Hall–Kier alpha value is -3.20. The van der Waals surface area contributed by atoms with Crippen molar-refractivity contribution >= 4 is 23.4 Å². The molecule has 29 heavy (non-hydrogen) atoms. The van der Waals surface area contributed by atoms with Gasteiger partial charge in [0.05, 0.1) is 4.92 Å². The van der Waals surface area contributed by atoms with E-state index in [1.165, 1.54) is 23.9 Å². The molecule has 1 aliphatic heterocycles. The van der Waals surface area contributed by atoms with Crippen LogP contribution in [0.15, 0.2) is 64.2 Å². The molecular formula is C20H18N4O4S. The number of thioether (sulfide) groups is 1. The monoisotopic (exact) mass is 410 g/mol. The molecule has 1 amide bonds. The molecule has 0 N–H and O–H groups in total. The van der Waals surface area contributed by atoms with Crippen LogP contribution in [-0.4, -0.2) is 39.0 Å². The Balaban J connectivity index is 1.59. The van der Waals surface area contributed by atoms with Gasteiger partial charge in [-0.15, -0.1) is 10.2 Å². The standard InChI is InChI=1S/C20H18N4O4S/c25-19(23-11-4-5-12-23)17(14-7-2-1-3-8-14)29-20-22-21-18(28-20)15-9-6-10-16(13-15)24(26)27/h1-3,6-10,13,17H,4-5,11-12H2/t17-/m0/s1. The van der Waals surface area contributed by atoms with Gasteiger partial charge in [0.25, 0.3) is 10.9 Å². The van der Waals surface area contributed by atoms with Crippen LogP contribution in [0, 0.1) is 10.1 Å². The maximum Gasteiger partial charge on any atom is 0.277 e. The van der Waals surface area contributed by atoms with Crippen molar-refractivity contribution < 1.29 is 14.1 Å². The van der Waals surface area contributed by atoms with Crippen molar-refractivity contribution in [3.05, 3.63) is 70.3 Å². The molecular weight excluding hydrogens is 392 g/mol. The molecule has 2 aromatic carbocycles. The van der Waals surface area contributed by atoms with E-state index in [4.69, 9.17) is 4.42 Å². The summed E-state index contributed by atoms with van der Waals surface area (Å²) in [6, 6.07) is 15.5. The summed E-state index contributed by atoms with van der Waals surface area (Å²) in [5.41, 5.74) is 1.27. The van der Waals surface area contributed by atoms with Crippen molar-refractivity contribution in [1.82, 2.24) is 15.1 Å². The van der Waals surface area contributed by atoms with Gasteiger partial charge in [0, 0.05) is 30.8 Å². The molecule has 2 heterocycles. The lowest BCUT2D eigenvalue weighted by molar-refractivity contribution is -0.384. The average Bonchev–Trinajstić information content (AvgIpc) is 3.45. The lowest BCUT2D eigenvalue weighted by Crippen LogP contribution is -2.31. The number of aromatic nitrogens is 2. The van der Waals surface area contributed by atoms with E-state index in [2.05, 4.69) is 10.2 Å². The summed E-state index contributed by atoms with van der Waals surface area (Å²) in [4.78, 5) is 25.5. The first kappa shape index (κ1) is 19.1. The first-order valence-corrected chi connectivity index (χ1v) is 10.1. The normalized spacial score (nSPS) is 14.7. The minimum atomic E-state index is -0.493. The summed E-state index contributed by atoms with van der Waals surface area (Å²) in [6.45, 7) is 1.51. The van der Waals surface area contributed by atoms with Crippen molar-refractivity contribution in [3.63, 3.8) is 0 Å². The van der Waals surface area contributed by atoms with Crippen molar-refractivity contribution in [2.24, 2.45) is 0 Å². The molecule has 1 saturated heterocycles. The third kappa shape index (κ3) is 4.29. The van der Waals surface area contributed by atoms with Crippen molar-refractivity contribution in [3.8, 4) is 11.5 Å². The number of likely N-dealkylation sites (tertiary alicyclic amines) is 1. The summed E-state index contributed by atoms with van der Waals surface area (Å²) in [5.74, 6) is 0.199. The maximum atomic E-state index is 13.1. The highest BCUT2D eigenvalue weighted by molar-refractivity contribution is 8.00. The summed E-state index contributed by atoms with van der Waals surface area (Å²) < 4.78 is 5.72. The summed E-state index contributed by atoms with van der Waals surface area (Å²) >= 11 is 1.20. The molecule has 0 bridgehead atoms. The Labute approximate surface area is 171 Å². The maximum absolute atomic E-state index is 13.1. The Morgan fingerprint density at radius 3 is 2.59 bits per heavy atom. The number of hydrogen-bond acceptors (Lipinski definition) is 7. The van der Waals surface area contributed by atoms with Crippen LogP contribution in [0.3, 0.4) is 0 Å². The average molecular weight is 410 g/mol. The number of nitro benzene ring substituents is 1. The number of benzene rings is 2. The first-order valence-electron chi connectivity index (χ1n) is 9.20. The van der Waals surface area contributed by atoms with Gasteiger partial charge in [0.15, 0.2) is 0 Å². The van der Waals surface area contributed by atoms with Crippen LogP contribution in [0.1, 0.15) is 23.7 Å². The topological polar surface area (TPSA) is 102 Å². The number of carbonyl (C=O) groups is 1. The van der Waals surface area contributed by atoms with Crippen molar-refractivity contribution in [2.75, 3.05) is 13.1 Å². The van der Waals surface area contributed by atoms with Crippen LogP contribution >= 0.6 is 11.8 Å². The molecule has 0 unspecified atom stereocenters. The summed E-state index contributed by atoms with van der Waals surface area (Å²) in [6.07, 6.45) is 2.02. The molecule has 1 fully saturated rings. The quantitative estimate of drug-likeness (QED) is 0.342. The molecule has 0 saturated carbocycles. The van der Waals surface area contributed by atoms with Gasteiger partial charge in [-0.2, -0.15) is 0 Å². The van der Waals surface area contributed by atoms with Gasteiger partial charge in [-0.1, -0.05) is 36.4 Å². The number of nitrogens with zero attached hydrogens (tertiary/aromatic N) is 4. The minimum absolute atomic E-state index is 0.0220. The van der Waals surface area contributed by atoms with Gasteiger partial charge in [0.1, 0.15) is 5.25 Å². The molecule has 1 aromatic heterocycles. The molecule has 9 heteroatoms. The van der Waals surface area contributed by atoms with Gasteiger partial charge in [-0.3, -0.25) is 14.9 Å². The van der Waals surface area contributed by atoms with Gasteiger partial charge >= 0.3 is 0 Å². The van der Waals surface area contributed by atoms with Crippen LogP contribution in [0.2, 0.25) is 0 Å². The summed E-state index contributed by atoms with van der Waals surface area (Å²) in [5, 5.41) is 18.8. The van der Waals surface area contributed by atoms with Gasteiger partial charge in [-0.05, 0) is 36.2 Å². The Kier molecular flexibility index (Phi) is 5.57. The number of rotatable bonds is 6. The highest BCUT2D eigenvalue weighted by Gasteiger charge is 2.30. The number of non-ortho nitro benzene ring substituents is 1. The Morgan fingerprint density at radius 1 is 1.10 bits per heavy atom. The minimum Gasteiger partial charge on any atom is -0.411 e. The number of amides is 1. The smallest absolute Gasteiger partial charge is 0.277 e. The third-order valence-electron chi connectivity index (χ3n) is 4.67. The van der Waals surface area contributed by atoms with E-state index in [0.29, 0.717) is 5.56 Å². The highest BCUT2D eigenvalue weighted by atomic mass is 32.2. The van der Waals surface area contributed by atoms with Crippen LogP contribution < -0.4 is 0 Å². The van der Waals surface area contributed by atoms with Crippen LogP contribution in [0.25, 0.3) is 11.5 Å². The van der Waals surface area contributed by atoms with Crippen molar-refractivity contribution in [2.45, 2.75) is 23.3 Å². The van der Waals surface area contributed by atoms with Crippen LogP contribution in [0.4, 0.5) is 5.69 Å². The molecule has 0 radical (unpaired) electrons. The second-order valence-corrected chi connectivity index (χ2v) is 7.68. The predicted octanol–water partition coefficient (Wildman–Crippen LogP) is 4.10. The third-order valence-corrected chi connectivity index (χ3v) is 5.75. The first-order chi connectivity index (χ1) is 14.1. The van der Waals surface area contributed by atoms with E-state index in [9.17, 15) is 14.9 Å². The zero-order chi connectivity index (χ0) is 20.2. The molecule has 148 valence electrons. The zero-order valence-corrected chi connectivity index (χ0v) is 16.2. The molecule has 1 atom stereocenters. The van der Waals surface area contributed by atoms with Crippen LogP contribution in [-0.2, 0) is 4.79 Å². The second kappa shape index (κ2) is 8.44. The van der Waals surface area contributed by atoms with Crippen molar-refractivity contribution in [1.29, 1.82) is 0 Å². The molecule has 0 spiro atoms. The van der Waals surface area contributed by atoms with Crippen LogP contribution in [0.5, 0.6) is 0 Å². The number of hydrogen-bond donors (Lipinski definition) is 0. The Morgan fingerprint density at radius 2 is 1.86 bits per heavy atom. The van der Waals surface area contributed by atoms with E-state index < -0.39 is 10.2 Å². The van der Waals surface area contributed by atoms with E-state index in [1.807, 2.05) is 35.2 Å². The number of nitro groups is 1. The van der Waals surface area contributed by atoms with Gasteiger partial charge in [-0.25, -0.2) is 0 Å². The molecule has 8 nitrogen and oxygen atoms in total. The largest absolute Gasteiger partial charge is 0.411 e.